The van der Waals surface area contributed by atoms with Crippen LogP contribution >= 0.6 is 0 Å². The van der Waals surface area contributed by atoms with Gasteiger partial charge in [0.25, 0.3) is 0 Å². The lowest BCUT2D eigenvalue weighted by molar-refractivity contribution is 0.112. The molecule has 0 aliphatic rings. The highest BCUT2D eigenvalue weighted by molar-refractivity contribution is 5.76. The molecular formula is C14H12O. The zero-order valence-electron chi connectivity index (χ0n) is 8.60. The third kappa shape index (κ3) is 2.13. The van der Waals surface area contributed by atoms with Gasteiger partial charge in [-0.3, -0.25) is 4.79 Å². The van der Waals surface area contributed by atoms with Crippen LogP contribution in [0.2, 0.25) is 0 Å². The van der Waals surface area contributed by atoms with Crippen molar-refractivity contribution in [2.75, 3.05) is 0 Å². The molecule has 2 aromatic rings. The molecule has 0 radical (unpaired) electrons. The Balaban J connectivity index is 2.41. The lowest BCUT2D eigenvalue weighted by atomic mass is 10.0. The highest BCUT2D eigenvalue weighted by atomic mass is 16.1. The van der Waals surface area contributed by atoms with Crippen LogP contribution in [0.5, 0.6) is 0 Å². The van der Waals surface area contributed by atoms with Crippen molar-refractivity contribution >= 4 is 6.29 Å². The number of aldehydes is 1. The fourth-order valence-electron chi connectivity index (χ4n) is 1.58. The van der Waals surface area contributed by atoms with Crippen LogP contribution in [0.15, 0.2) is 48.5 Å². The molecule has 0 aromatic heterocycles. The molecule has 0 amide bonds. The number of carbonyl (C=O) groups excluding carboxylic acids is 1. The van der Waals surface area contributed by atoms with E-state index in [2.05, 4.69) is 25.1 Å². The summed E-state index contributed by atoms with van der Waals surface area (Å²) < 4.78 is 0. The van der Waals surface area contributed by atoms with E-state index in [9.17, 15) is 4.79 Å². The van der Waals surface area contributed by atoms with Gasteiger partial charge in [-0.05, 0) is 18.1 Å². The van der Waals surface area contributed by atoms with E-state index in [1.54, 1.807) is 0 Å². The van der Waals surface area contributed by atoms with Gasteiger partial charge < -0.3 is 0 Å². The molecule has 0 atom stereocenters. The Morgan fingerprint density at radius 3 is 2.27 bits per heavy atom. The fourth-order valence-corrected chi connectivity index (χ4v) is 1.58. The first-order chi connectivity index (χ1) is 7.29. The monoisotopic (exact) mass is 196 g/mol. The maximum absolute atomic E-state index is 10.5. The summed E-state index contributed by atoms with van der Waals surface area (Å²) in [6.07, 6.45) is 0.861. The average molecular weight is 196 g/mol. The molecule has 0 unspecified atom stereocenters. The summed E-state index contributed by atoms with van der Waals surface area (Å²) in [5, 5.41) is 0. The van der Waals surface area contributed by atoms with Crippen LogP contribution in [-0.4, -0.2) is 6.29 Å². The lowest BCUT2D eigenvalue weighted by Gasteiger charge is -2.02. The predicted octanol–water partition coefficient (Wildman–Crippen LogP) is 3.47. The van der Waals surface area contributed by atoms with E-state index >= 15 is 0 Å². The number of benzene rings is 2. The van der Waals surface area contributed by atoms with Gasteiger partial charge in [-0.25, -0.2) is 0 Å². The molecule has 0 aliphatic carbocycles. The minimum absolute atomic E-state index is 0.714. The van der Waals surface area contributed by atoms with Crippen molar-refractivity contribution in [3.63, 3.8) is 0 Å². The first kappa shape index (κ1) is 9.66. The van der Waals surface area contributed by atoms with Crippen molar-refractivity contribution in [1.82, 2.24) is 0 Å². The normalized spacial score (nSPS) is 9.93. The molecule has 15 heavy (non-hydrogen) atoms. The molecule has 0 aliphatic heterocycles. The van der Waals surface area contributed by atoms with E-state index in [4.69, 9.17) is 0 Å². The Morgan fingerprint density at radius 1 is 0.933 bits per heavy atom. The molecule has 0 heterocycles. The van der Waals surface area contributed by atoms with Crippen LogP contribution in [0, 0.1) is 6.92 Å². The zero-order valence-corrected chi connectivity index (χ0v) is 8.60. The quantitative estimate of drug-likeness (QED) is 0.672. The molecule has 2 aromatic carbocycles. The van der Waals surface area contributed by atoms with Gasteiger partial charge in [-0.1, -0.05) is 54.1 Å². The van der Waals surface area contributed by atoms with Crippen LogP contribution in [0.3, 0.4) is 0 Å². The molecule has 0 fully saturated rings. The van der Waals surface area contributed by atoms with Gasteiger partial charge in [0, 0.05) is 5.56 Å². The molecule has 0 saturated carbocycles. The number of carbonyl (C=O) groups is 1. The summed E-state index contributed by atoms with van der Waals surface area (Å²) in [5.41, 5.74) is 4.29. The maximum Gasteiger partial charge on any atom is 0.150 e. The molecule has 1 nitrogen and oxygen atoms in total. The largest absolute Gasteiger partial charge is 0.298 e. The Hall–Kier alpha value is -1.89. The first-order valence-corrected chi connectivity index (χ1v) is 4.92. The van der Waals surface area contributed by atoms with Gasteiger partial charge in [0.2, 0.25) is 0 Å². The van der Waals surface area contributed by atoms with Crippen molar-refractivity contribution in [2.24, 2.45) is 0 Å². The van der Waals surface area contributed by atoms with Crippen LogP contribution < -0.4 is 0 Å². The first-order valence-electron chi connectivity index (χ1n) is 4.92. The van der Waals surface area contributed by atoms with Crippen LogP contribution in [-0.2, 0) is 0 Å². The second-order valence-electron chi connectivity index (χ2n) is 3.61. The molecule has 74 valence electrons. The minimum atomic E-state index is 0.714. The highest BCUT2D eigenvalue weighted by Gasteiger charge is 1.97. The zero-order chi connectivity index (χ0) is 10.7. The van der Waals surface area contributed by atoms with Crippen molar-refractivity contribution in [3.05, 3.63) is 59.7 Å². The van der Waals surface area contributed by atoms with Gasteiger partial charge in [0.1, 0.15) is 6.29 Å². The Labute approximate surface area is 89.4 Å². The highest BCUT2D eigenvalue weighted by Crippen LogP contribution is 2.20. The van der Waals surface area contributed by atoms with E-state index < -0.39 is 0 Å². The summed E-state index contributed by atoms with van der Waals surface area (Å²) in [6.45, 7) is 2.07. The summed E-state index contributed by atoms with van der Waals surface area (Å²) in [4.78, 5) is 10.5. The lowest BCUT2D eigenvalue weighted by Crippen LogP contribution is -1.81. The topological polar surface area (TPSA) is 17.1 Å². The smallest absolute Gasteiger partial charge is 0.150 e. The van der Waals surface area contributed by atoms with E-state index in [1.165, 1.54) is 11.1 Å². The average Bonchev–Trinajstić information content (AvgIpc) is 2.29. The Kier molecular flexibility index (Phi) is 2.64. The van der Waals surface area contributed by atoms with Crippen molar-refractivity contribution in [2.45, 2.75) is 6.92 Å². The van der Waals surface area contributed by atoms with Crippen molar-refractivity contribution < 1.29 is 4.79 Å². The number of aryl methyl sites for hydroxylation is 1. The number of rotatable bonds is 2. The van der Waals surface area contributed by atoms with Crippen molar-refractivity contribution in [1.29, 1.82) is 0 Å². The Morgan fingerprint density at radius 2 is 1.67 bits per heavy atom. The number of hydrogen-bond donors (Lipinski definition) is 0. The second kappa shape index (κ2) is 4.09. The molecule has 0 spiro atoms. The summed E-state index contributed by atoms with van der Waals surface area (Å²) in [7, 11) is 0. The standard InChI is InChI=1S/C14H12O/c1-11-3-2-4-14(9-11)13-7-5-12(10-15)6-8-13/h2-10H,1H3. The van der Waals surface area contributed by atoms with Crippen LogP contribution in [0.25, 0.3) is 11.1 Å². The van der Waals surface area contributed by atoms with Gasteiger partial charge in [-0.15, -0.1) is 0 Å². The SMILES string of the molecule is Cc1cccc(-c2ccc(C=O)cc2)c1. The van der Waals surface area contributed by atoms with Gasteiger partial charge in [0.05, 0.1) is 0 Å². The number of hydrogen-bond acceptors (Lipinski definition) is 1. The molecule has 2 rings (SSSR count). The van der Waals surface area contributed by atoms with Gasteiger partial charge in [-0.2, -0.15) is 0 Å². The van der Waals surface area contributed by atoms with Crippen LogP contribution in [0.4, 0.5) is 0 Å². The predicted molar refractivity (Wildman–Crippen MR) is 62.0 cm³/mol. The molecule has 0 bridgehead atoms. The second-order valence-corrected chi connectivity index (χ2v) is 3.61. The molecule has 0 saturated heterocycles. The van der Waals surface area contributed by atoms with E-state index in [0.29, 0.717) is 5.56 Å². The molecule has 1 heteroatoms. The van der Waals surface area contributed by atoms with Gasteiger partial charge in [0.15, 0.2) is 0 Å². The third-order valence-corrected chi connectivity index (χ3v) is 2.40. The molecular weight excluding hydrogens is 184 g/mol. The summed E-state index contributed by atoms with van der Waals surface area (Å²) in [5.74, 6) is 0. The van der Waals surface area contributed by atoms with E-state index in [-0.39, 0.29) is 0 Å². The van der Waals surface area contributed by atoms with E-state index in [0.717, 1.165) is 11.8 Å². The fraction of sp³-hybridized carbons (Fsp3) is 0.0714. The Bertz CT molecular complexity index is 469. The minimum Gasteiger partial charge on any atom is -0.298 e. The maximum atomic E-state index is 10.5. The van der Waals surface area contributed by atoms with Crippen molar-refractivity contribution in [3.8, 4) is 11.1 Å². The van der Waals surface area contributed by atoms with Gasteiger partial charge >= 0.3 is 0 Å². The summed E-state index contributed by atoms with van der Waals surface area (Å²) in [6, 6.07) is 15.9. The third-order valence-electron chi connectivity index (χ3n) is 2.40. The summed E-state index contributed by atoms with van der Waals surface area (Å²) >= 11 is 0. The van der Waals surface area contributed by atoms with E-state index in [1.807, 2.05) is 30.3 Å². The van der Waals surface area contributed by atoms with Crippen LogP contribution in [0.1, 0.15) is 15.9 Å². The molecule has 0 N–H and O–H groups in total.